The van der Waals surface area contributed by atoms with Crippen molar-refractivity contribution in [1.82, 2.24) is 0 Å². The van der Waals surface area contributed by atoms with E-state index in [1.54, 1.807) is 0 Å². The molecular weight excluding hydrogens is 831 g/mol. The Bertz CT molecular complexity index is 3690. The first kappa shape index (κ1) is 39.4. The quantitative estimate of drug-likeness (QED) is 0.154. The smallest absolute Gasteiger partial charge is 0.0726 e. The van der Waals surface area contributed by atoms with Gasteiger partial charge in [-0.05, 0) is 113 Å². The van der Waals surface area contributed by atoms with Crippen LogP contribution in [0.2, 0.25) is 0 Å². The Morgan fingerprint density at radius 3 is 1.22 bits per heavy atom. The molecule has 0 radical (unpaired) electrons. The summed E-state index contributed by atoms with van der Waals surface area (Å²) in [5, 5.41) is 0. The molecule has 3 aliphatic carbocycles. The van der Waals surface area contributed by atoms with Gasteiger partial charge in [0.2, 0.25) is 0 Å². The van der Waals surface area contributed by atoms with Crippen LogP contribution in [0.3, 0.4) is 0 Å². The minimum absolute atomic E-state index is 0.499. The van der Waals surface area contributed by atoms with Gasteiger partial charge in [0.25, 0.3) is 0 Å². The fraction of sp³-hybridized carbons (Fsp3) is 0.0294. The maximum absolute atomic E-state index is 2.59. The number of anilines is 3. The molecule has 1 spiro atoms. The molecule has 0 saturated heterocycles. The topological polar surface area (TPSA) is 3.24 Å². The zero-order valence-electron chi connectivity index (χ0n) is 37.9. The van der Waals surface area contributed by atoms with Crippen LogP contribution in [0.25, 0.3) is 55.6 Å². The second-order valence-corrected chi connectivity index (χ2v) is 18.6. The Hall–Kier alpha value is -8.78. The average molecular weight is 876 g/mol. The summed E-state index contributed by atoms with van der Waals surface area (Å²) in [6.07, 6.45) is 0. The Kier molecular flexibility index (Phi) is 8.78. The van der Waals surface area contributed by atoms with E-state index in [2.05, 4.69) is 278 Å². The lowest BCUT2D eigenvalue weighted by molar-refractivity contribution is 0.768. The number of rotatable bonds is 7. The van der Waals surface area contributed by atoms with Crippen molar-refractivity contribution in [2.75, 3.05) is 4.90 Å². The van der Waals surface area contributed by atoms with Crippen molar-refractivity contribution < 1.29 is 0 Å². The van der Waals surface area contributed by atoms with Gasteiger partial charge in [0.15, 0.2) is 0 Å². The molecule has 1 nitrogen and oxygen atoms in total. The zero-order valence-corrected chi connectivity index (χ0v) is 37.9. The Morgan fingerprint density at radius 1 is 0.232 bits per heavy atom. The van der Waals surface area contributed by atoms with E-state index in [4.69, 9.17) is 0 Å². The average Bonchev–Trinajstić information content (AvgIpc) is 4.02. The largest absolute Gasteiger partial charge is 0.309 e. The second-order valence-electron chi connectivity index (χ2n) is 18.6. The summed E-state index contributed by atoms with van der Waals surface area (Å²) in [4.78, 5) is 2.59. The molecule has 0 aromatic heterocycles. The minimum Gasteiger partial charge on any atom is -0.309 e. The molecule has 0 saturated carbocycles. The maximum Gasteiger partial charge on any atom is 0.0726 e. The van der Waals surface area contributed by atoms with Crippen LogP contribution in [0.5, 0.6) is 0 Å². The van der Waals surface area contributed by atoms with Crippen LogP contribution in [0.15, 0.2) is 273 Å². The standard InChI is InChI=1S/C68H45N/c1-4-23-46(24-5-1)50-29-10-11-30-51(50)56-34-16-21-41-64(56)69(65-42-22-40-62-66(65)57-35-15-20-39-61(57)67(62,47-25-6-2-7-26-47)48-27-8-3-9-28-48)49-43-44-55-54-33-14-19-38-60(54)68(63(55)45-49)58-36-17-12-31-52(58)53-32-13-18-37-59(53)68/h1-45H. The molecule has 14 rings (SSSR count). The SMILES string of the molecule is c1ccc(-c2ccccc2-c2ccccc2N(c2ccc3c(c2)C2(c4ccccc4-c4ccccc42)c2ccccc2-3)c2cccc3c2-c2ccccc2C3(c2ccccc2)c2ccccc2)cc1. The van der Waals surface area contributed by atoms with Gasteiger partial charge in [0, 0.05) is 16.8 Å². The first-order valence-corrected chi connectivity index (χ1v) is 24.1. The van der Waals surface area contributed by atoms with E-state index in [-0.39, 0.29) is 0 Å². The van der Waals surface area contributed by atoms with E-state index in [9.17, 15) is 0 Å². The van der Waals surface area contributed by atoms with Gasteiger partial charge in [-0.3, -0.25) is 0 Å². The van der Waals surface area contributed by atoms with Crippen LogP contribution in [0.4, 0.5) is 17.1 Å². The van der Waals surface area contributed by atoms with Crippen molar-refractivity contribution in [3.05, 3.63) is 317 Å². The summed E-state index contributed by atoms with van der Waals surface area (Å²) < 4.78 is 0. The Labute approximate surface area is 403 Å². The van der Waals surface area contributed by atoms with Crippen molar-refractivity contribution in [2.24, 2.45) is 0 Å². The van der Waals surface area contributed by atoms with E-state index < -0.39 is 10.8 Å². The second kappa shape index (κ2) is 15.4. The van der Waals surface area contributed by atoms with E-state index in [0.717, 1.165) is 22.6 Å². The summed E-state index contributed by atoms with van der Waals surface area (Å²) in [5.41, 5.74) is 25.1. The molecule has 69 heavy (non-hydrogen) atoms. The third kappa shape index (κ3) is 5.47. The summed E-state index contributed by atoms with van der Waals surface area (Å²) in [6, 6.07) is 102. The maximum atomic E-state index is 2.59. The zero-order chi connectivity index (χ0) is 45.5. The van der Waals surface area contributed by atoms with Gasteiger partial charge in [-0.25, -0.2) is 0 Å². The highest BCUT2D eigenvalue weighted by molar-refractivity contribution is 6.02. The molecular formula is C68H45N. The summed E-state index contributed by atoms with van der Waals surface area (Å²) >= 11 is 0. The lowest BCUT2D eigenvalue weighted by Crippen LogP contribution is -2.28. The molecule has 11 aromatic rings. The van der Waals surface area contributed by atoms with Crippen molar-refractivity contribution in [3.8, 4) is 55.6 Å². The van der Waals surface area contributed by atoms with Crippen LogP contribution in [0.1, 0.15) is 44.5 Å². The van der Waals surface area contributed by atoms with Crippen molar-refractivity contribution in [1.29, 1.82) is 0 Å². The molecule has 0 atom stereocenters. The summed E-state index contributed by atoms with van der Waals surface area (Å²) in [5.74, 6) is 0. The van der Waals surface area contributed by atoms with E-state index in [1.165, 1.54) is 94.6 Å². The van der Waals surface area contributed by atoms with Gasteiger partial charge in [-0.2, -0.15) is 0 Å². The highest BCUT2D eigenvalue weighted by Gasteiger charge is 2.52. The molecule has 3 aliphatic rings. The van der Waals surface area contributed by atoms with Crippen LogP contribution in [-0.4, -0.2) is 0 Å². The van der Waals surface area contributed by atoms with Crippen LogP contribution in [0, 0.1) is 0 Å². The third-order valence-corrected chi connectivity index (χ3v) is 15.4. The summed E-state index contributed by atoms with van der Waals surface area (Å²) in [7, 11) is 0. The number of fused-ring (bicyclic) bond motifs is 13. The molecule has 0 heterocycles. The van der Waals surface area contributed by atoms with Gasteiger partial charge in [-0.1, -0.05) is 249 Å². The number of hydrogen-bond acceptors (Lipinski definition) is 1. The molecule has 0 unspecified atom stereocenters. The predicted molar refractivity (Wildman–Crippen MR) is 286 cm³/mol. The van der Waals surface area contributed by atoms with Gasteiger partial charge in [-0.15, -0.1) is 0 Å². The monoisotopic (exact) mass is 875 g/mol. The van der Waals surface area contributed by atoms with Gasteiger partial charge >= 0.3 is 0 Å². The molecule has 322 valence electrons. The number of nitrogens with zero attached hydrogens (tertiary/aromatic N) is 1. The fourth-order valence-electron chi connectivity index (χ4n) is 12.8. The lowest BCUT2D eigenvalue weighted by atomic mass is 9.68. The normalized spacial score (nSPS) is 13.7. The van der Waals surface area contributed by atoms with Crippen LogP contribution in [-0.2, 0) is 10.8 Å². The van der Waals surface area contributed by atoms with Gasteiger partial charge < -0.3 is 4.90 Å². The predicted octanol–water partition coefficient (Wildman–Crippen LogP) is 17.2. The number of para-hydroxylation sites is 1. The highest BCUT2D eigenvalue weighted by Crippen LogP contribution is 2.65. The molecule has 0 fully saturated rings. The van der Waals surface area contributed by atoms with Gasteiger partial charge in [0.05, 0.1) is 22.2 Å². The first-order valence-electron chi connectivity index (χ1n) is 24.1. The van der Waals surface area contributed by atoms with E-state index >= 15 is 0 Å². The first-order chi connectivity index (χ1) is 34.3. The minimum atomic E-state index is -0.559. The fourth-order valence-corrected chi connectivity index (χ4v) is 12.8. The van der Waals surface area contributed by atoms with Crippen molar-refractivity contribution in [2.45, 2.75) is 10.8 Å². The Balaban J connectivity index is 1.10. The molecule has 0 amide bonds. The summed E-state index contributed by atoms with van der Waals surface area (Å²) in [6.45, 7) is 0. The molecule has 11 aromatic carbocycles. The molecule has 0 bridgehead atoms. The number of benzene rings is 11. The number of hydrogen-bond donors (Lipinski definition) is 0. The molecule has 1 heteroatoms. The highest BCUT2D eigenvalue weighted by atomic mass is 15.1. The van der Waals surface area contributed by atoms with Crippen molar-refractivity contribution >= 4 is 17.1 Å². The third-order valence-electron chi connectivity index (χ3n) is 15.4. The lowest BCUT2D eigenvalue weighted by Gasteiger charge is -2.35. The Morgan fingerprint density at radius 2 is 0.638 bits per heavy atom. The van der Waals surface area contributed by atoms with E-state index in [0.29, 0.717) is 0 Å². The van der Waals surface area contributed by atoms with Gasteiger partial charge in [0.1, 0.15) is 0 Å². The molecule has 0 aliphatic heterocycles. The van der Waals surface area contributed by atoms with Crippen LogP contribution < -0.4 is 4.90 Å². The van der Waals surface area contributed by atoms with E-state index in [1.807, 2.05) is 0 Å². The van der Waals surface area contributed by atoms with Crippen molar-refractivity contribution in [3.63, 3.8) is 0 Å². The molecule has 0 N–H and O–H groups in total. The van der Waals surface area contributed by atoms with Crippen LogP contribution >= 0.6 is 0 Å².